The number of carbonyl (C=O) groups excluding carboxylic acids is 1. The zero-order valence-electron chi connectivity index (χ0n) is 9.07. The van der Waals surface area contributed by atoms with E-state index in [-0.39, 0.29) is 6.42 Å². The van der Waals surface area contributed by atoms with E-state index in [0.29, 0.717) is 0 Å². The summed E-state index contributed by atoms with van der Waals surface area (Å²) in [4.78, 5) is 15.8. The third-order valence-electron chi connectivity index (χ3n) is 2.23. The largest absolute Gasteiger partial charge is 0.550 e. The van der Waals surface area contributed by atoms with Crippen molar-refractivity contribution in [1.29, 1.82) is 0 Å². The van der Waals surface area contributed by atoms with Crippen LogP contribution in [0.15, 0.2) is 28.7 Å². The smallest absolute Gasteiger partial charge is 0.0904 e. The van der Waals surface area contributed by atoms with Gasteiger partial charge >= 0.3 is 0 Å². The van der Waals surface area contributed by atoms with Crippen molar-refractivity contribution in [2.45, 2.75) is 13.3 Å². The van der Waals surface area contributed by atoms with Crippen molar-refractivity contribution in [1.82, 2.24) is 4.98 Å². The summed E-state index contributed by atoms with van der Waals surface area (Å²) in [5.74, 6) is -1.08. The number of hydrogen-bond donors (Lipinski definition) is 0. The molecule has 2 aromatic rings. The van der Waals surface area contributed by atoms with Gasteiger partial charge in [0, 0.05) is 27.3 Å². The van der Waals surface area contributed by atoms with Crippen LogP contribution >= 0.6 is 27.3 Å². The first-order valence-electron chi connectivity index (χ1n) is 4.98. The lowest BCUT2D eigenvalue weighted by molar-refractivity contribution is -0.304. The second-order valence-corrected chi connectivity index (χ2v) is 5.76. The number of aromatic nitrogens is 1. The maximum atomic E-state index is 10.7. The Morgan fingerprint density at radius 2 is 2.06 bits per heavy atom. The van der Waals surface area contributed by atoms with Gasteiger partial charge < -0.3 is 9.90 Å². The number of carboxylic acids is 1. The van der Waals surface area contributed by atoms with Gasteiger partial charge in [-0.15, -0.1) is 11.3 Å². The highest BCUT2D eigenvalue weighted by molar-refractivity contribution is 9.10. The topological polar surface area (TPSA) is 53.0 Å². The number of nitrogens with zero attached hydrogens (tertiary/aromatic N) is 1. The minimum absolute atomic E-state index is 0.0864. The predicted molar refractivity (Wildman–Crippen MR) is 68.7 cm³/mol. The van der Waals surface area contributed by atoms with E-state index in [2.05, 4.69) is 20.9 Å². The van der Waals surface area contributed by atoms with Crippen LogP contribution in [0.1, 0.15) is 9.88 Å². The zero-order valence-corrected chi connectivity index (χ0v) is 11.5. The average Bonchev–Trinajstić information content (AvgIpc) is 2.59. The minimum Gasteiger partial charge on any atom is -0.550 e. The number of aliphatic carboxylic acids is 1. The number of aryl methyl sites for hydroxylation is 1. The summed E-state index contributed by atoms with van der Waals surface area (Å²) in [5, 5.41) is 11.5. The Bertz CT molecular complexity index is 548. The van der Waals surface area contributed by atoms with Crippen molar-refractivity contribution in [2.75, 3.05) is 0 Å². The van der Waals surface area contributed by atoms with Crippen LogP contribution in [0.25, 0.3) is 11.3 Å². The molecule has 0 spiro atoms. The fraction of sp³-hybridized carbons (Fsp3) is 0.167. The summed E-state index contributed by atoms with van der Waals surface area (Å²) in [6.45, 7) is 1.87. The van der Waals surface area contributed by atoms with E-state index in [4.69, 9.17) is 0 Å². The number of halogens is 1. The van der Waals surface area contributed by atoms with E-state index in [9.17, 15) is 9.90 Å². The fourth-order valence-electron chi connectivity index (χ4n) is 1.55. The summed E-state index contributed by atoms with van der Waals surface area (Å²) < 4.78 is 0.981. The molecule has 1 aromatic carbocycles. The first-order valence-corrected chi connectivity index (χ1v) is 6.59. The molecule has 0 N–H and O–H groups in total. The van der Waals surface area contributed by atoms with Gasteiger partial charge in [-0.25, -0.2) is 4.98 Å². The standard InChI is InChI=1S/C12H10BrNO2S/c1-7-14-12(10(17-7)6-11(15)16)8-2-4-9(13)5-3-8/h2-5H,6H2,1H3,(H,15,16)/p-1. The van der Waals surface area contributed by atoms with Crippen molar-refractivity contribution in [3.63, 3.8) is 0 Å². The third-order valence-corrected chi connectivity index (χ3v) is 3.73. The molecule has 2 rings (SSSR count). The van der Waals surface area contributed by atoms with Crippen molar-refractivity contribution in [3.05, 3.63) is 38.6 Å². The molecule has 0 unspecified atom stereocenters. The van der Waals surface area contributed by atoms with Crippen LogP contribution in [0.2, 0.25) is 0 Å². The number of carbonyl (C=O) groups is 1. The molecular weight excluding hydrogens is 302 g/mol. The summed E-state index contributed by atoms with van der Waals surface area (Å²) >= 11 is 4.76. The third kappa shape index (κ3) is 2.92. The van der Waals surface area contributed by atoms with Gasteiger partial charge in [0.15, 0.2) is 0 Å². The molecule has 17 heavy (non-hydrogen) atoms. The molecule has 1 aromatic heterocycles. The van der Waals surface area contributed by atoms with Gasteiger partial charge in [0.25, 0.3) is 0 Å². The second kappa shape index (κ2) is 4.98. The van der Waals surface area contributed by atoms with Gasteiger partial charge in [-0.2, -0.15) is 0 Å². The molecule has 0 saturated heterocycles. The Labute approximate surface area is 111 Å². The normalized spacial score (nSPS) is 10.5. The Morgan fingerprint density at radius 3 is 2.65 bits per heavy atom. The molecule has 0 amide bonds. The van der Waals surface area contributed by atoms with Crippen molar-refractivity contribution in [2.24, 2.45) is 0 Å². The van der Waals surface area contributed by atoms with Crippen LogP contribution in [0.4, 0.5) is 0 Å². The van der Waals surface area contributed by atoms with Gasteiger partial charge in [-0.1, -0.05) is 28.1 Å². The first-order chi connectivity index (χ1) is 8.06. The molecule has 0 aliphatic carbocycles. The number of thiazole rings is 1. The van der Waals surface area contributed by atoms with Crippen molar-refractivity contribution >= 4 is 33.2 Å². The SMILES string of the molecule is Cc1nc(-c2ccc(Br)cc2)c(CC(=O)[O-])s1. The molecular formula is C12H9BrNO2S-. The Hall–Kier alpha value is -1.20. The lowest BCUT2D eigenvalue weighted by Gasteiger charge is -2.03. The second-order valence-electron chi connectivity index (χ2n) is 3.56. The van der Waals surface area contributed by atoms with Gasteiger partial charge in [-0.05, 0) is 19.1 Å². The molecule has 0 aliphatic heterocycles. The van der Waals surface area contributed by atoms with E-state index in [1.165, 1.54) is 11.3 Å². The van der Waals surface area contributed by atoms with Gasteiger partial charge in [0.1, 0.15) is 0 Å². The van der Waals surface area contributed by atoms with Crippen molar-refractivity contribution in [3.8, 4) is 11.3 Å². The summed E-state index contributed by atoms with van der Waals surface area (Å²) in [6, 6.07) is 7.65. The first kappa shape index (κ1) is 12.3. The zero-order chi connectivity index (χ0) is 12.4. The van der Waals surface area contributed by atoms with Crippen LogP contribution in [-0.2, 0) is 11.2 Å². The van der Waals surface area contributed by atoms with Gasteiger partial charge in [0.05, 0.1) is 10.7 Å². The number of hydrogen-bond acceptors (Lipinski definition) is 4. The molecule has 88 valence electrons. The number of carboxylic acid groups (broad SMARTS) is 1. The van der Waals surface area contributed by atoms with Crippen LogP contribution in [-0.4, -0.2) is 11.0 Å². The minimum atomic E-state index is -1.08. The Balaban J connectivity index is 2.43. The predicted octanol–water partition coefficient (Wildman–Crippen LogP) is 2.17. The molecule has 0 aliphatic rings. The molecule has 0 radical (unpaired) electrons. The fourth-order valence-corrected chi connectivity index (χ4v) is 2.76. The quantitative estimate of drug-likeness (QED) is 0.873. The molecule has 0 saturated carbocycles. The summed E-state index contributed by atoms with van der Waals surface area (Å²) in [5.41, 5.74) is 1.66. The lowest BCUT2D eigenvalue weighted by atomic mass is 10.1. The monoisotopic (exact) mass is 310 g/mol. The molecule has 3 nitrogen and oxygen atoms in total. The molecule has 0 fully saturated rings. The number of benzene rings is 1. The molecule has 0 bridgehead atoms. The Morgan fingerprint density at radius 1 is 1.41 bits per heavy atom. The highest BCUT2D eigenvalue weighted by Crippen LogP contribution is 2.29. The van der Waals surface area contributed by atoms with Crippen LogP contribution < -0.4 is 5.11 Å². The highest BCUT2D eigenvalue weighted by atomic mass is 79.9. The average molecular weight is 311 g/mol. The van der Waals surface area contributed by atoms with Gasteiger partial charge in [-0.3, -0.25) is 0 Å². The van der Waals surface area contributed by atoms with E-state index in [0.717, 1.165) is 25.6 Å². The lowest BCUT2D eigenvalue weighted by Crippen LogP contribution is -2.24. The Kier molecular flexibility index (Phi) is 3.59. The van der Waals surface area contributed by atoms with Crippen LogP contribution in [0, 0.1) is 6.92 Å². The molecule has 1 heterocycles. The van der Waals surface area contributed by atoms with E-state index in [1.807, 2.05) is 31.2 Å². The van der Waals surface area contributed by atoms with E-state index >= 15 is 0 Å². The summed E-state index contributed by atoms with van der Waals surface area (Å²) in [7, 11) is 0. The highest BCUT2D eigenvalue weighted by Gasteiger charge is 2.11. The van der Waals surface area contributed by atoms with Crippen LogP contribution in [0.3, 0.4) is 0 Å². The van der Waals surface area contributed by atoms with Gasteiger partial charge in [0.2, 0.25) is 0 Å². The van der Waals surface area contributed by atoms with Crippen LogP contribution in [0.5, 0.6) is 0 Å². The number of rotatable bonds is 3. The van der Waals surface area contributed by atoms with E-state index < -0.39 is 5.97 Å². The van der Waals surface area contributed by atoms with E-state index in [1.54, 1.807) is 0 Å². The molecule has 5 heteroatoms. The maximum absolute atomic E-state index is 10.7. The summed E-state index contributed by atoms with van der Waals surface area (Å²) in [6.07, 6.45) is -0.0864. The maximum Gasteiger partial charge on any atom is 0.0904 e. The molecule has 0 atom stereocenters. The van der Waals surface area contributed by atoms with Crippen molar-refractivity contribution < 1.29 is 9.90 Å².